The standard InChI is InChI=1S/C18H27FN2O3/c1-18(2,3)15(22)12-20-17(23)16(21-7-9-24-10-8-21)13-5-4-6-14(19)11-13/h4-6,11,15-16,22H,7-10,12H2,1-3H3,(H,20,23). The van der Waals surface area contributed by atoms with Gasteiger partial charge in [0.1, 0.15) is 11.9 Å². The molecule has 0 radical (unpaired) electrons. The van der Waals surface area contributed by atoms with Crippen LogP contribution in [0.15, 0.2) is 24.3 Å². The van der Waals surface area contributed by atoms with Crippen LogP contribution in [0.1, 0.15) is 32.4 Å². The van der Waals surface area contributed by atoms with Gasteiger partial charge in [0, 0.05) is 19.6 Å². The molecule has 1 aromatic carbocycles. The highest BCUT2D eigenvalue weighted by Crippen LogP contribution is 2.24. The van der Waals surface area contributed by atoms with Crippen LogP contribution in [-0.4, -0.2) is 54.9 Å². The van der Waals surface area contributed by atoms with E-state index >= 15 is 0 Å². The molecule has 1 heterocycles. The van der Waals surface area contributed by atoms with Crippen LogP contribution >= 0.6 is 0 Å². The molecule has 1 amide bonds. The van der Waals surface area contributed by atoms with Gasteiger partial charge in [-0.2, -0.15) is 0 Å². The van der Waals surface area contributed by atoms with E-state index in [1.807, 2.05) is 25.7 Å². The van der Waals surface area contributed by atoms with Crippen molar-refractivity contribution in [2.75, 3.05) is 32.8 Å². The van der Waals surface area contributed by atoms with Crippen molar-refractivity contribution in [1.82, 2.24) is 10.2 Å². The number of benzene rings is 1. The lowest BCUT2D eigenvalue weighted by atomic mass is 9.89. The summed E-state index contributed by atoms with van der Waals surface area (Å²) in [6.07, 6.45) is -0.653. The van der Waals surface area contributed by atoms with E-state index in [1.54, 1.807) is 12.1 Å². The lowest BCUT2D eigenvalue weighted by Crippen LogP contribution is -2.48. The Hall–Kier alpha value is -1.50. The molecule has 134 valence electrons. The fourth-order valence-electron chi connectivity index (χ4n) is 2.64. The second kappa shape index (κ2) is 8.05. The maximum absolute atomic E-state index is 13.6. The monoisotopic (exact) mass is 338 g/mol. The second-order valence-electron chi connectivity index (χ2n) is 7.23. The molecule has 0 aromatic heterocycles. The summed E-state index contributed by atoms with van der Waals surface area (Å²) >= 11 is 0. The maximum Gasteiger partial charge on any atom is 0.242 e. The minimum Gasteiger partial charge on any atom is -0.391 e. The number of morpholine rings is 1. The van der Waals surface area contributed by atoms with E-state index in [4.69, 9.17) is 4.74 Å². The molecule has 2 rings (SSSR count). The summed E-state index contributed by atoms with van der Waals surface area (Å²) in [5.41, 5.74) is 0.292. The maximum atomic E-state index is 13.6. The number of hydrogen-bond donors (Lipinski definition) is 2. The number of carbonyl (C=O) groups excluding carboxylic acids is 1. The molecule has 0 saturated carbocycles. The first kappa shape index (κ1) is 18.8. The first-order valence-electron chi connectivity index (χ1n) is 8.32. The Morgan fingerprint density at radius 2 is 2.04 bits per heavy atom. The molecule has 1 fully saturated rings. The second-order valence-corrected chi connectivity index (χ2v) is 7.23. The smallest absolute Gasteiger partial charge is 0.242 e. The van der Waals surface area contributed by atoms with Gasteiger partial charge in [-0.1, -0.05) is 32.9 Å². The molecular weight excluding hydrogens is 311 g/mol. The van der Waals surface area contributed by atoms with Crippen LogP contribution in [0.2, 0.25) is 0 Å². The Morgan fingerprint density at radius 3 is 2.62 bits per heavy atom. The quantitative estimate of drug-likeness (QED) is 0.858. The molecule has 0 spiro atoms. The third kappa shape index (κ3) is 5.00. The molecular formula is C18H27FN2O3. The van der Waals surface area contributed by atoms with Gasteiger partial charge in [-0.25, -0.2) is 4.39 Å². The minimum absolute atomic E-state index is 0.165. The van der Waals surface area contributed by atoms with Gasteiger partial charge in [-0.15, -0.1) is 0 Å². The Kier molecular flexibility index (Phi) is 6.32. The number of amides is 1. The number of nitrogens with one attached hydrogen (secondary N) is 1. The molecule has 2 atom stereocenters. The van der Waals surface area contributed by atoms with Crippen molar-refractivity contribution < 1.29 is 19.0 Å². The SMILES string of the molecule is CC(C)(C)C(O)CNC(=O)C(c1cccc(F)c1)N1CCOCC1. The first-order chi connectivity index (χ1) is 11.3. The van der Waals surface area contributed by atoms with Gasteiger partial charge in [0.15, 0.2) is 0 Å². The fraction of sp³-hybridized carbons (Fsp3) is 0.611. The van der Waals surface area contributed by atoms with Crippen molar-refractivity contribution >= 4 is 5.91 Å². The van der Waals surface area contributed by atoms with Crippen LogP contribution in [0.5, 0.6) is 0 Å². The highest BCUT2D eigenvalue weighted by Gasteiger charge is 2.30. The summed E-state index contributed by atoms with van der Waals surface area (Å²) in [7, 11) is 0. The normalized spacial score (nSPS) is 18.9. The van der Waals surface area contributed by atoms with Crippen LogP contribution in [-0.2, 0) is 9.53 Å². The predicted molar refractivity (Wildman–Crippen MR) is 90.0 cm³/mol. The number of nitrogens with zero attached hydrogens (tertiary/aromatic N) is 1. The number of halogens is 1. The van der Waals surface area contributed by atoms with Crippen molar-refractivity contribution in [1.29, 1.82) is 0 Å². The fourth-order valence-corrected chi connectivity index (χ4v) is 2.64. The minimum atomic E-state index is -0.653. The molecule has 1 aliphatic rings. The molecule has 1 aliphatic heterocycles. The molecule has 2 N–H and O–H groups in total. The molecule has 2 unspecified atom stereocenters. The van der Waals surface area contributed by atoms with Gasteiger partial charge >= 0.3 is 0 Å². The Labute approximate surface area is 142 Å². The Bertz CT molecular complexity index is 553. The number of carbonyl (C=O) groups is 1. The predicted octanol–water partition coefficient (Wildman–Crippen LogP) is 1.72. The van der Waals surface area contributed by atoms with Crippen molar-refractivity contribution in [3.63, 3.8) is 0 Å². The number of aliphatic hydroxyl groups is 1. The van der Waals surface area contributed by atoms with Crippen LogP contribution in [0, 0.1) is 11.2 Å². The third-order valence-electron chi connectivity index (χ3n) is 4.29. The van der Waals surface area contributed by atoms with Crippen molar-refractivity contribution in [2.45, 2.75) is 32.9 Å². The zero-order valence-corrected chi connectivity index (χ0v) is 14.6. The Balaban J connectivity index is 2.14. The number of rotatable bonds is 5. The van der Waals surface area contributed by atoms with Crippen molar-refractivity contribution in [2.24, 2.45) is 5.41 Å². The van der Waals surface area contributed by atoms with E-state index in [1.165, 1.54) is 12.1 Å². The molecule has 1 saturated heterocycles. The lowest BCUT2D eigenvalue weighted by molar-refractivity contribution is -0.129. The molecule has 5 nitrogen and oxygen atoms in total. The average molecular weight is 338 g/mol. The summed E-state index contributed by atoms with van der Waals surface area (Å²) in [6.45, 7) is 8.21. The van der Waals surface area contributed by atoms with Crippen LogP contribution in [0.4, 0.5) is 4.39 Å². The Morgan fingerprint density at radius 1 is 1.38 bits per heavy atom. The van der Waals surface area contributed by atoms with Crippen LogP contribution in [0.25, 0.3) is 0 Å². The van der Waals surface area contributed by atoms with Crippen molar-refractivity contribution in [3.05, 3.63) is 35.6 Å². The largest absolute Gasteiger partial charge is 0.391 e. The lowest BCUT2D eigenvalue weighted by Gasteiger charge is -2.34. The summed E-state index contributed by atoms with van der Waals surface area (Å²) in [5.74, 6) is -0.598. The van der Waals surface area contributed by atoms with Gasteiger partial charge in [0.25, 0.3) is 0 Å². The van der Waals surface area contributed by atoms with Gasteiger partial charge in [0.05, 0.1) is 19.3 Å². The van der Waals surface area contributed by atoms with E-state index < -0.39 is 12.1 Å². The van der Waals surface area contributed by atoms with Gasteiger partial charge in [-0.3, -0.25) is 9.69 Å². The van der Waals surface area contributed by atoms with Gasteiger partial charge in [-0.05, 0) is 23.1 Å². The van der Waals surface area contributed by atoms with E-state index in [2.05, 4.69) is 5.32 Å². The van der Waals surface area contributed by atoms with E-state index in [-0.39, 0.29) is 23.7 Å². The average Bonchev–Trinajstić information content (AvgIpc) is 2.53. The number of aliphatic hydroxyl groups excluding tert-OH is 1. The van der Waals surface area contributed by atoms with Gasteiger partial charge < -0.3 is 15.2 Å². The van der Waals surface area contributed by atoms with E-state index in [0.29, 0.717) is 31.9 Å². The zero-order valence-electron chi connectivity index (χ0n) is 14.6. The molecule has 6 heteroatoms. The van der Waals surface area contributed by atoms with E-state index in [0.717, 1.165) is 0 Å². The summed E-state index contributed by atoms with van der Waals surface area (Å²) < 4.78 is 19.0. The molecule has 1 aromatic rings. The van der Waals surface area contributed by atoms with Crippen LogP contribution < -0.4 is 5.32 Å². The molecule has 0 bridgehead atoms. The van der Waals surface area contributed by atoms with Crippen LogP contribution in [0.3, 0.4) is 0 Å². The highest BCUT2D eigenvalue weighted by molar-refractivity contribution is 5.83. The summed E-state index contributed by atoms with van der Waals surface area (Å²) in [6, 6.07) is 5.52. The summed E-state index contributed by atoms with van der Waals surface area (Å²) in [4.78, 5) is 14.7. The number of ether oxygens (including phenoxy) is 1. The molecule has 24 heavy (non-hydrogen) atoms. The third-order valence-corrected chi connectivity index (χ3v) is 4.29. The highest BCUT2D eigenvalue weighted by atomic mass is 19.1. The van der Waals surface area contributed by atoms with Crippen molar-refractivity contribution in [3.8, 4) is 0 Å². The van der Waals surface area contributed by atoms with Gasteiger partial charge in [0.2, 0.25) is 5.91 Å². The topological polar surface area (TPSA) is 61.8 Å². The first-order valence-corrected chi connectivity index (χ1v) is 8.32. The van der Waals surface area contributed by atoms with E-state index in [9.17, 15) is 14.3 Å². The number of hydrogen-bond acceptors (Lipinski definition) is 4. The summed E-state index contributed by atoms with van der Waals surface area (Å²) in [5, 5.41) is 12.9. The molecule has 0 aliphatic carbocycles. The zero-order chi connectivity index (χ0) is 17.7.